The number of rotatable bonds is 2. The van der Waals surface area contributed by atoms with Crippen molar-refractivity contribution in [1.82, 2.24) is 14.7 Å². The number of aryl methyl sites for hydroxylation is 1. The fraction of sp³-hybridized carbons (Fsp3) is 0.727. The van der Waals surface area contributed by atoms with E-state index in [-0.39, 0.29) is 6.42 Å². The van der Waals surface area contributed by atoms with Gasteiger partial charge in [-0.1, -0.05) is 6.92 Å². The van der Waals surface area contributed by atoms with E-state index in [4.69, 9.17) is 0 Å². The van der Waals surface area contributed by atoms with Crippen molar-refractivity contribution in [2.24, 2.45) is 13.0 Å². The molecule has 1 saturated heterocycles. The molecule has 0 amide bonds. The highest BCUT2D eigenvalue weighted by Gasteiger charge is 2.40. The molecule has 1 atom stereocenters. The van der Waals surface area contributed by atoms with Gasteiger partial charge in [-0.2, -0.15) is 5.10 Å². The molecule has 1 aromatic heterocycles. The van der Waals surface area contributed by atoms with Crippen LogP contribution in [-0.2, 0) is 13.6 Å². The standard InChI is InChI=1S/C11H17F2N3/c1-9-7-16(6-4-11(9,12)13)8-10-3-5-14-15(10)2/h3,5,9H,4,6-8H2,1-2H3/t9-/m0/s1. The molecule has 1 aliphatic rings. The van der Waals surface area contributed by atoms with Gasteiger partial charge in [-0.25, -0.2) is 8.78 Å². The molecule has 0 bridgehead atoms. The molecule has 0 unspecified atom stereocenters. The van der Waals surface area contributed by atoms with E-state index in [0.717, 1.165) is 5.69 Å². The molecule has 0 aromatic carbocycles. The van der Waals surface area contributed by atoms with Crippen molar-refractivity contribution < 1.29 is 8.78 Å². The van der Waals surface area contributed by atoms with Crippen LogP contribution in [0.25, 0.3) is 0 Å². The van der Waals surface area contributed by atoms with E-state index in [9.17, 15) is 8.78 Å². The first-order valence-electron chi connectivity index (χ1n) is 5.56. The van der Waals surface area contributed by atoms with Crippen LogP contribution in [0.2, 0.25) is 0 Å². The van der Waals surface area contributed by atoms with E-state index in [0.29, 0.717) is 19.6 Å². The van der Waals surface area contributed by atoms with Crippen molar-refractivity contribution in [3.05, 3.63) is 18.0 Å². The lowest BCUT2D eigenvalue weighted by atomic mass is 9.95. The molecule has 16 heavy (non-hydrogen) atoms. The summed E-state index contributed by atoms with van der Waals surface area (Å²) in [6.07, 6.45) is 1.70. The third-order valence-corrected chi connectivity index (χ3v) is 3.32. The van der Waals surface area contributed by atoms with Crippen molar-refractivity contribution in [3.8, 4) is 0 Å². The van der Waals surface area contributed by atoms with Crippen molar-refractivity contribution in [2.75, 3.05) is 13.1 Å². The Bertz CT molecular complexity index is 362. The monoisotopic (exact) mass is 229 g/mol. The highest BCUT2D eigenvalue weighted by Crippen LogP contribution is 2.33. The maximum Gasteiger partial charge on any atom is 0.253 e. The number of alkyl halides is 2. The van der Waals surface area contributed by atoms with Gasteiger partial charge < -0.3 is 0 Å². The molecule has 3 nitrogen and oxygen atoms in total. The summed E-state index contributed by atoms with van der Waals surface area (Å²) in [6, 6.07) is 1.93. The Morgan fingerprint density at radius 1 is 1.56 bits per heavy atom. The molecule has 1 aromatic rings. The van der Waals surface area contributed by atoms with Gasteiger partial charge in [0.25, 0.3) is 5.92 Å². The molecule has 1 fully saturated rings. The second-order valence-corrected chi connectivity index (χ2v) is 4.59. The predicted octanol–water partition coefficient (Wildman–Crippen LogP) is 1.90. The van der Waals surface area contributed by atoms with Gasteiger partial charge in [0, 0.05) is 45.2 Å². The first-order valence-corrected chi connectivity index (χ1v) is 5.56. The van der Waals surface area contributed by atoms with Gasteiger partial charge in [0.2, 0.25) is 0 Å². The quantitative estimate of drug-likeness (QED) is 0.772. The average Bonchev–Trinajstić information content (AvgIpc) is 2.59. The van der Waals surface area contributed by atoms with Crippen LogP contribution in [0.4, 0.5) is 8.78 Å². The summed E-state index contributed by atoms with van der Waals surface area (Å²) in [5.41, 5.74) is 1.07. The van der Waals surface area contributed by atoms with Crippen LogP contribution in [0.1, 0.15) is 19.0 Å². The van der Waals surface area contributed by atoms with E-state index >= 15 is 0 Å². The second-order valence-electron chi connectivity index (χ2n) is 4.59. The third kappa shape index (κ3) is 2.24. The molecule has 90 valence electrons. The summed E-state index contributed by atoms with van der Waals surface area (Å²) < 4.78 is 28.4. The van der Waals surface area contributed by atoms with Crippen LogP contribution in [0, 0.1) is 5.92 Å². The van der Waals surface area contributed by atoms with Gasteiger partial charge in [-0.3, -0.25) is 9.58 Å². The van der Waals surface area contributed by atoms with Crippen LogP contribution < -0.4 is 0 Å². The summed E-state index contributed by atoms with van der Waals surface area (Å²) in [5.74, 6) is -3.06. The lowest BCUT2D eigenvalue weighted by Gasteiger charge is -2.36. The Hall–Kier alpha value is -0.970. The van der Waals surface area contributed by atoms with Gasteiger partial charge in [-0.05, 0) is 6.07 Å². The Kier molecular flexibility index (Phi) is 2.97. The number of likely N-dealkylation sites (tertiary alicyclic amines) is 1. The minimum absolute atomic E-state index is 0.0357. The van der Waals surface area contributed by atoms with Crippen molar-refractivity contribution in [1.29, 1.82) is 0 Å². The lowest BCUT2D eigenvalue weighted by molar-refractivity contribution is -0.101. The van der Waals surface area contributed by atoms with Crippen LogP contribution in [0.15, 0.2) is 12.3 Å². The highest BCUT2D eigenvalue weighted by molar-refractivity contribution is 5.00. The normalized spacial score (nSPS) is 25.9. The van der Waals surface area contributed by atoms with Gasteiger partial charge in [0.05, 0.1) is 5.69 Å². The van der Waals surface area contributed by atoms with E-state index < -0.39 is 11.8 Å². The second kappa shape index (κ2) is 4.13. The van der Waals surface area contributed by atoms with Crippen molar-refractivity contribution in [2.45, 2.75) is 25.8 Å². The zero-order valence-electron chi connectivity index (χ0n) is 9.66. The fourth-order valence-electron chi connectivity index (χ4n) is 2.09. The summed E-state index contributed by atoms with van der Waals surface area (Å²) in [4.78, 5) is 2.07. The predicted molar refractivity (Wildman–Crippen MR) is 57.2 cm³/mol. The van der Waals surface area contributed by atoms with Gasteiger partial charge in [-0.15, -0.1) is 0 Å². The Balaban J connectivity index is 1.96. The van der Waals surface area contributed by atoms with Gasteiger partial charge in [0.15, 0.2) is 0 Å². The minimum Gasteiger partial charge on any atom is -0.297 e. The number of hydrogen-bond acceptors (Lipinski definition) is 2. The largest absolute Gasteiger partial charge is 0.297 e. The lowest BCUT2D eigenvalue weighted by Crippen LogP contribution is -2.45. The number of hydrogen-bond donors (Lipinski definition) is 0. The van der Waals surface area contributed by atoms with E-state index in [2.05, 4.69) is 10.00 Å². The maximum absolute atomic E-state index is 13.3. The maximum atomic E-state index is 13.3. The molecular weight excluding hydrogens is 212 g/mol. The SMILES string of the molecule is C[C@H]1CN(Cc2ccnn2C)CCC1(F)F. The Morgan fingerprint density at radius 3 is 2.88 bits per heavy atom. The zero-order valence-corrected chi connectivity index (χ0v) is 9.66. The Morgan fingerprint density at radius 2 is 2.31 bits per heavy atom. The molecule has 0 radical (unpaired) electrons. The van der Waals surface area contributed by atoms with Crippen LogP contribution in [0.5, 0.6) is 0 Å². The van der Waals surface area contributed by atoms with Crippen LogP contribution in [0.3, 0.4) is 0 Å². The third-order valence-electron chi connectivity index (χ3n) is 3.32. The topological polar surface area (TPSA) is 21.1 Å². The molecule has 0 saturated carbocycles. The van der Waals surface area contributed by atoms with Crippen molar-refractivity contribution in [3.63, 3.8) is 0 Å². The number of piperidine rings is 1. The van der Waals surface area contributed by atoms with Crippen LogP contribution in [-0.4, -0.2) is 33.7 Å². The zero-order chi connectivity index (χ0) is 11.8. The molecule has 5 heteroatoms. The smallest absolute Gasteiger partial charge is 0.253 e. The molecular formula is C11H17F2N3. The first kappa shape index (κ1) is 11.5. The summed E-state index contributed by atoms with van der Waals surface area (Å²) in [7, 11) is 1.87. The van der Waals surface area contributed by atoms with Crippen molar-refractivity contribution >= 4 is 0 Å². The van der Waals surface area contributed by atoms with E-state index in [1.165, 1.54) is 0 Å². The average molecular weight is 229 g/mol. The van der Waals surface area contributed by atoms with Gasteiger partial charge in [0.1, 0.15) is 0 Å². The number of nitrogens with zero attached hydrogens (tertiary/aromatic N) is 3. The highest BCUT2D eigenvalue weighted by atomic mass is 19.3. The number of aromatic nitrogens is 2. The van der Waals surface area contributed by atoms with E-state index in [1.807, 2.05) is 13.1 Å². The summed E-state index contributed by atoms with van der Waals surface area (Å²) >= 11 is 0. The molecule has 0 aliphatic carbocycles. The molecule has 0 spiro atoms. The summed E-state index contributed by atoms with van der Waals surface area (Å²) in [6.45, 7) is 3.24. The van der Waals surface area contributed by atoms with Gasteiger partial charge >= 0.3 is 0 Å². The Labute approximate surface area is 94.0 Å². The molecule has 2 heterocycles. The molecule has 1 aliphatic heterocycles. The first-order chi connectivity index (χ1) is 7.49. The minimum atomic E-state index is -2.50. The molecule has 0 N–H and O–H groups in total. The summed E-state index contributed by atoms with van der Waals surface area (Å²) in [5, 5.41) is 4.07. The number of halogens is 2. The molecule has 2 rings (SSSR count). The van der Waals surface area contributed by atoms with E-state index in [1.54, 1.807) is 17.8 Å². The fourth-order valence-corrected chi connectivity index (χ4v) is 2.09. The van der Waals surface area contributed by atoms with Crippen LogP contribution >= 0.6 is 0 Å².